The Hall–Kier alpha value is -1.91. The molecule has 15 heavy (non-hydrogen) atoms. The minimum Gasteiger partial charge on any atom is -0.335 e. The van der Waals surface area contributed by atoms with E-state index in [1.165, 1.54) is 12.8 Å². The van der Waals surface area contributed by atoms with Crippen LogP contribution in [0.5, 0.6) is 0 Å². The zero-order valence-corrected chi connectivity index (χ0v) is 8.05. The maximum atomic E-state index is 5.06. The number of hydrogen-bond donors (Lipinski definition) is 1. The summed E-state index contributed by atoms with van der Waals surface area (Å²) in [5, 5.41) is 6.99. The molecule has 5 heteroatoms. The number of nitrogens with one attached hydrogen (secondary N) is 1. The second-order valence-electron chi connectivity index (χ2n) is 3.56. The number of anilines is 1. The molecular weight excluding hydrogens is 192 g/mol. The summed E-state index contributed by atoms with van der Waals surface area (Å²) in [5.74, 6) is 0.527. The molecule has 0 radical (unpaired) electrons. The summed E-state index contributed by atoms with van der Waals surface area (Å²) in [6, 6.07) is 6.60. The third-order valence-corrected chi connectivity index (χ3v) is 2.22. The van der Waals surface area contributed by atoms with E-state index in [1.807, 2.05) is 18.2 Å². The van der Waals surface area contributed by atoms with Gasteiger partial charge in [0.25, 0.3) is 0 Å². The maximum Gasteiger partial charge on any atom is 0.322 e. The van der Waals surface area contributed by atoms with E-state index in [0.29, 0.717) is 17.9 Å². The molecule has 0 bridgehead atoms. The first-order valence-corrected chi connectivity index (χ1v) is 4.93. The van der Waals surface area contributed by atoms with Gasteiger partial charge in [0, 0.05) is 12.2 Å². The predicted molar refractivity (Wildman–Crippen MR) is 54.2 cm³/mol. The van der Waals surface area contributed by atoms with E-state index in [9.17, 15) is 0 Å². The van der Waals surface area contributed by atoms with Crippen molar-refractivity contribution in [3.8, 4) is 11.5 Å². The van der Waals surface area contributed by atoms with E-state index in [2.05, 4.69) is 20.4 Å². The Bertz CT molecular complexity index is 449. The largest absolute Gasteiger partial charge is 0.335 e. The summed E-state index contributed by atoms with van der Waals surface area (Å²) in [7, 11) is 0. The van der Waals surface area contributed by atoms with Gasteiger partial charge in [-0.3, -0.25) is 4.98 Å². The summed E-state index contributed by atoms with van der Waals surface area (Å²) in [6.45, 7) is 0. The average Bonchev–Trinajstić information content (AvgIpc) is 2.96. The molecule has 1 saturated carbocycles. The molecule has 0 aliphatic heterocycles. The van der Waals surface area contributed by atoms with Crippen molar-refractivity contribution in [1.29, 1.82) is 0 Å². The Morgan fingerprint density at radius 2 is 2.27 bits per heavy atom. The van der Waals surface area contributed by atoms with Gasteiger partial charge in [0.05, 0.1) is 0 Å². The van der Waals surface area contributed by atoms with Crippen molar-refractivity contribution >= 4 is 6.01 Å². The van der Waals surface area contributed by atoms with Crippen LogP contribution in [-0.4, -0.2) is 21.2 Å². The zero-order chi connectivity index (χ0) is 10.1. The van der Waals surface area contributed by atoms with Crippen LogP contribution in [0.4, 0.5) is 6.01 Å². The SMILES string of the molecule is c1ccc(-c2noc(NC3CC3)n2)nc1. The van der Waals surface area contributed by atoms with Crippen LogP contribution in [0.1, 0.15) is 12.8 Å². The molecule has 0 atom stereocenters. The van der Waals surface area contributed by atoms with E-state index < -0.39 is 0 Å². The summed E-state index contributed by atoms with van der Waals surface area (Å²) in [6.07, 6.45) is 4.07. The first kappa shape index (κ1) is 8.40. The first-order chi connectivity index (χ1) is 7.42. The summed E-state index contributed by atoms with van der Waals surface area (Å²) in [4.78, 5) is 8.35. The minimum atomic E-state index is 0.484. The van der Waals surface area contributed by atoms with Crippen LogP contribution in [-0.2, 0) is 0 Å². The highest BCUT2D eigenvalue weighted by Crippen LogP contribution is 2.24. The molecule has 1 aliphatic carbocycles. The molecule has 1 fully saturated rings. The molecule has 0 aromatic carbocycles. The highest BCUT2D eigenvalue weighted by Gasteiger charge is 2.23. The van der Waals surface area contributed by atoms with Crippen molar-refractivity contribution in [2.45, 2.75) is 18.9 Å². The quantitative estimate of drug-likeness (QED) is 0.820. The fourth-order valence-electron chi connectivity index (χ4n) is 1.28. The van der Waals surface area contributed by atoms with Gasteiger partial charge in [-0.25, -0.2) is 0 Å². The summed E-state index contributed by atoms with van der Waals surface area (Å²) in [5.41, 5.74) is 0.727. The Kier molecular flexibility index (Phi) is 1.87. The van der Waals surface area contributed by atoms with Crippen molar-refractivity contribution in [2.75, 3.05) is 5.32 Å². The predicted octanol–water partition coefficient (Wildman–Crippen LogP) is 1.71. The van der Waals surface area contributed by atoms with Gasteiger partial charge in [-0.05, 0) is 25.0 Å². The molecule has 0 spiro atoms. The monoisotopic (exact) mass is 202 g/mol. The zero-order valence-electron chi connectivity index (χ0n) is 8.05. The summed E-state index contributed by atoms with van der Waals surface area (Å²) < 4.78 is 5.06. The lowest BCUT2D eigenvalue weighted by atomic mass is 10.3. The van der Waals surface area contributed by atoms with Crippen LogP contribution < -0.4 is 5.32 Å². The van der Waals surface area contributed by atoms with Crippen molar-refractivity contribution in [2.24, 2.45) is 0 Å². The minimum absolute atomic E-state index is 0.484. The van der Waals surface area contributed by atoms with E-state index in [0.717, 1.165) is 5.69 Å². The normalized spacial score (nSPS) is 15.2. The van der Waals surface area contributed by atoms with E-state index in [1.54, 1.807) is 6.20 Å². The molecule has 76 valence electrons. The van der Waals surface area contributed by atoms with E-state index in [-0.39, 0.29) is 0 Å². The van der Waals surface area contributed by atoms with Crippen LogP contribution in [0.2, 0.25) is 0 Å². The number of aromatic nitrogens is 3. The molecule has 1 N–H and O–H groups in total. The van der Waals surface area contributed by atoms with Crippen molar-refractivity contribution in [3.05, 3.63) is 24.4 Å². The fourth-order valence-corrected chi connectivity index (χ4v) is 1.28. The Balaban J connectivity index is 1.83. The fraction of sp³-hybridized carbons (Fsp3) is 0.300. The third-order valence-electron chi connectivity index (χ3n) is 2.22. The number of pyridine rings is 1. The lowest BCUT2D eigenvalue weighted by Crippen LogP contribution is -2.00. The van der Waals surface area contributed by atoms with Gasteiger partial charge in [0.15, 0.2) is 0 Å². The third kappa shape index (κ3) is 1.81. The van der Waals surface area contributed by atoms with Gasteiger partial charge in [0.1, 0.15) is 5.69 Å². The maximum absolute atomic E-state index is 5.06. The number of nitrogens with zero attached hydrogens (tertiary/aromatic N) is 3. The second-order valence-corrected chi connectivity index (χ2v) is 3.56. The van der Waals surface area contributed by atoms with Crippen molar-refractivity contribution in [3.63, 3.8) is 0 Å². The van der Waals surface area contributed by atoms with Crippen LogP contribution in [0.3, 0.4) is 0 Å². The van der Waals surface area contributed by atoms with Gasteiger partial charge >= 0.3 is 6.01 Å². The highest BCUT2D eigenvalue weighted by atomic mass is 16.5. The smallest absolute Gasteiger partial charge is 0.322 e. The topological polar surface area (TPSA) is 63.8 Å². The lowest BCUT2D eigenvalue weighted by Gasteiger charge is -1.92. The number of rotatable bonds is 3. The molecule has 2 aromatic rings. The van der Waals surface area contributed by atoms with E-state index >= 15 is 0 Å². The highest BCUT2D eigenvalue weighted by molar-refractivity contribution is 5.49. The van der Waals surface area contributed by atoms with Crippen LogP contribution in [0.25, 0.3) is 11.5 Å². The second kappa shape index (κ2) is 3.34. The van der Waals surface area contributed by atoms with Gasteiger partial charge < -0.3 is 9.84 Å². The van der Waals surface area contributed by atoms with Crippen LogP contribution in [0, 0.1) is 0 Å². The Morgan fingerprint density at radius 1 is 1.33 bits per heavy atom. The molecule has 2 heterocycles. The molecular formula is C10H10N4O. The van der Waals surface area contributed by atoms with Crippen molar-refractivity contribution in [1.82, 2.24) is 15.1 Å². The number of hydrogen-bond acceptors (Lipinski definition) is 5. The Labute approximate surface area is 86.5 Å². The van der Waals surface area contributed by atoms with Gasteiger partial charge in [0.2, 0.25) is 5.82 Å². The van der Waals surface area contributed by atoms with Gasteiger partial charge in [-0.2, -0.15) is 4.98 Å². The molecule has 0 amide bonds. The molecule has 0 unspecified atom stereocenters. The van der Waals surface area contributed by atoms with Crippen molar-refractivity contribution < 1.29 is 4.52 Å². The molecule has 2 aromatic heterocycles. The standard InChI is InChI=1S/C10H10N4O/c1-2-6-11-8(3-1)9-13-10(15-14-9)12-7-4-5-7/h1-3,6-7H,4-5H2,(H,12,13,14). The van der Waals surface area contributed by atoms with Crippen LogP contribution in [0.15, 0.2) is 28.9 Å². The molecule has 5 nitrogen and oxygen atoms in total. The van der Waals surface area contributed by atoms with E-state index in [4.69, 9.17) is 4.52 Å². The Morgan fingerprint density at radius 3 is 3.00 bits per heavy atom. The lowest BCUT2D eigenvalue weighted by molar-refractivity contribution is 0.431. The summed E-state index contributed by atoms with van der Waals surface area (Å²) >= 11 is 0. The molecule has 1 aliphatic rings. The van der Waals surface area contributed by atoms with Gasteiger partial charge in [-0.15, -0.1) is 0 Å². The molecule has 0 saturated heterocycles. The molecule has 3 rings (SSSR count). The average molecular weight is 202 g/mol. The first-order valence-electron chi connectivity index (χ1n) is 4.93. The van der Waals surface area contributed by atoms with Crippen LogP contribution >= 0.6 is 0 Å². The van der Waals surface area contributed by atoms with Gasteiger partial charge in [-0.1, -0.05) is 11.2 Å².